The fraction of sp³-hybridized carbons (Fsp3) is 0.438. The van der Waals surface area contributed by atoms with Crippen LogP contribution in [0.25, 0.3) is 0 Å². The molecule has 2 aromatic rings. The highest BCUT2D eigenvalue weighted by molar-refractivity contribution is 7.90. The minimum atomic E-state index is -3.79. The minimum Gasteiger partial charge on any atom is -0.411 e. The normalized spacial score (nSPS) is 15.0. The van der Waals surface area contributed by atoms with E-state index in [-0.39, 0.29) is 24.2 Å². The number of hydrogen-bond donors (Lipinski definition) is 1. The standard InChI is InChI=1S/C16H19ClN4O4S/c17-13-6-4-5-12(9-13)11-26(23,24)16-20-19-14(25-16)10-18-15(22)21-7-2-1-3-8-21/h4-6,9H,1-3,7-8,10-11H2,(H,18,22). The van der Waals surface area contributed by atoms with Crippen molar-refractivity contribution < 1.29 is 17.6 Å². The summed E-state index contributed by atoms with van der Waals surface area (Å²) in [5, 5.41) is 9.94. The summed E-state index contributed by atoms with van der Waals surface area (Å²) in [4.78, 5) is 13.8. The second kappa shape index (κ2) is 8.05. The lowest BCUT2D eigenvalue weighted by Gasteiger charge is -2.26. The monoisotopic (exact) mass is 398 g/mol. The van der Waals surface area contributed by atoms with E-state index >= 15 is 0 Å². The van der Waals surface area contributed by atoms with Crippen molar-refractivity contribution >= 4 is 27.5 Å². The van der Waals surface area contributed by atoms with Gasteiger partial charge in [0.2, 0.25) is 15.7 Å². The molecule has 0 atom stereocenters. The first kappa shape index (κ1) is 18.7. The van der Waals surface area contributed by atoms with E-state index in [4.69, 9.17) is 16.0 Å². The molecule has 0 aliphatic carbocycles. The van der Waals surface area contributed by atoms with Crippen molar-refractivity contribution in [2.75, 3.05) is 13.1 Å². The van der Waals surface area contributed by atoms with Crippen LogP contribution in [0, 0.1) is 0 Å². The summed E-state index contributed by atoms with van der Waals surface area (Å²) in [7, 11) is -3.79. The van der Waals surface area contributed by atoms with Crippen molar-refractivity contribution in [3.05, 3.63) is 40.7 Å². The maximum atomic E-state index is 12.4. The van der Waals surface area contributed by atoms with Gasteiger partial charge in [-0.3, -0.25) is 0 Å². The molecule has 1 fully saturated rings. The molecule has 8 nitrogen and oxygen atoms in total. The van der Waals surface area contributed by atoms with Crippen LogP contribution in [0.15, 0.2) is 33.9 Å². The number of carbonyl (C=O) groups is 1. The number of sulfone groups is 1. The lowest BCUT2D eigenvalue weighted by Crippen LogP contribution is -2.42. The summed E-state index contributed by atoms with van der Waals surface area (Å²) in [5.41, 5.74) is 0.524. The van der Waals surface area contributed by atoms with Crippen LogP contribution in [0.4, 0.5) is 4.79 Å². The van der Waals surface area contributed by atoms with Gasteiger partial charge in [-0.2, -0.15) is 0 Å². The van der Waals surface area contributed by atoms with Gasteiger partial charge in [0.25, 0.3) is 0 Å². The number of carbonyl (C=O) groups excluding carboxylic acids is 1. The van der Waals surface area contributed by atoms with Gasteiger partial charge < -0.3 is 14.6 Å². The summed E-state index contributed by atoms with van der Waals surface area (Å²) < 4.78 is 30.0. The molecule has 0 bridgehead atoms. The predicted octanol–water partition coefficient (Wildman–Crippen LogP) is 2.39. The molecule has 1 aliphatic rings. The largest absolute Gasteiger partial charge is 0.411 e. The zero-order valence-corrected chi connectivity index (χ0v) is 15.6. The number of rotatable bonds is 5. The van der Waals surface area contributed by atoms with Gasteiger partial charge in [0.15, 0.2) is 0 Å². The molecule has 2 heterocycles. The zero-order valence-electron chi connectivity index (χ0n) is 14.0. The molecule has 1 aliphatic heterocycles. The highest BCUT2D eigenvalue weighted by Crippen LogP contribution is 2.18. The van der Waals surface area contributed by atoms with Gasteiger partial charge in [-0.05, 0) is 37.0 Å². The molecular weight excluding hydrogens is 380 g/mol. The molecule has 1 aromatic carbocycles. The van der Waals surface area contributed by atoms with Crippen LogP contribution < -0.4 is 5.32 Å². The number of urea groups is 1. The average Bonchev–Trinajstić information content (AvgIpc) is 3.10. The van der Waals surface area contributed by atoms with Crippen LogP contribution in [0.1, 0.15) is 30.7 Å². The first-order valence-electron chi connectivity index (χ1n) is 8.26. The number of nitrogens with zero attached hydrogens (tertiary/aromatic N) is 3. The van der Waals surface area contributed by atoms with Crippen LogP contribution in [0.5, 0.6) is 0 Å². The maximum Gasteiger partial charge on any atom is 0.335 e. The molecule has 0 spiro atoms. The van der Waals surface area contributed by atoms with Crippen molar-refractivity contribution in [1.29, 1.82) is 0 Å². The Morgan fingerprint density at radius 2 is 2.00 bits per heavy atom. The molecule has 140 valence electrons. The third-order valence-corrected chi connectivity index (χ3v) is 5.64. The number of benzene rings is 1. The number of piperidine rings is 1. The van der Waals surface area contributed by atoms with Gasteiger partial charge >= 0.3 is 11.3 Å². The van der Waals surface area contributed by atoms with Gasteiger partial charge in [-0.25, -0.2) is 13.2 Å². The minimum absolute atomic E-state index is 0.0188. The number of nitrogens with one attached hydrogen (secondary N) is 1. The average molecular weight is 399 g/mol. The molecular formula is C16H19ClN4O4S. The van der Waals surface area contributed by atoms with Crippen molar-refractivity contribution in [2.24, 2.45) is 0 Å². The number of likely N-dealkylation sites (tertiary alicyclic amines) is 1. The van der Waals surface area contributed by atoms with E-state index in [1.165, 1.54) is 0 Å². The Balaban J connectivity index is 1.60. The van der Waals surface area contributed by atoms with Gasteiger partial charge in [0.1, 0.15) is 0 Å². The molecule has 0 saturated carbocycles. The number of hydrogen-bond acceptors (Lipinski definition) is 6. The molecule has 1 aromatic heterocycles. The number of amides is 2. The van der Waals surface area contributed by atoms with E-state index in [0.717, 1.165) is 32.4 Å². The highest BCUT2D eigenvalue weighted by Gasteiger charge is 2.24. The summed E-state index contributed by atoms with van der Waals surface area (Å²) >= 11 is 5.87. The van der Waals surface area contributed by atoms with Crippen LogP contribution in [-0.4, -0.2) is 42.6 Å². The van der Waals surface area contributed by atoms with Crippen molar-refractivity contribution in [2.45, 2.75) is 36.8 Å². The molecule has 0 unspecified atom stereocenters. The van der Waals surface area contributed by atoms with Crippen LogP contribution in [0.2, 0.25) is 5.02 Å². The second-order valence-corrected chi connectivity index (χ2v) is 8.36. The van der Waals surface area contributed by atoms with E-state index in [9.17, 15) is 13.2 Å². The van der Waals surface area contributed by atoms with Crippen molar-refractivity contribution in [1.82, 2.24) is 20.4 Å². The molecule has 26 heavy (non-hydrogen) atoms. The molecule has 1 N–H and O–H groups in total. The van der Waals surface area contributed by atoms with E-state index in [2.05, 4.69) is 15.5 Å². The topological polar surface area (TPSA) is 105 Å². The third-order valence-electron chi connectivity index (χ3n) is 3.99. The molecule has 1 saturated heterocycles. The summed E-state index contributed by atoms with van der Waals surface area (Å²) in [6.07, 6.45) is 3.10. The first-order valence-corrected chi connectivity index (χ1v) is 10.3. The Kier molecular flexibility index (Phi) is 5.77. The smallest absolute Gasteiger partial charge is 0.335 e. The van der Waals surface area contributed by atoms with E-state index in [1.54, 1.807) is 29.2 Å². The van der Waals surface area contributed by atoms with E-state index in [1.807, 2.05) is 0 Å². The maximum absolute atomic E-state index is 12.4. The first-order chi connectivity index (χ1) is 12.4. The molecule has 0 radical (unpaired) electrons. The van der Waals surface area contributed by atoms with Gasteiger partial charge in [0, 0.05) is 18.1 Å². The summed E-state index contributed by atoms with van der Waals surface area (Å²) in [5.74, 6) is -0.255. The predicted molar refractivity (Wildman–Crippen MR) is 94.3 cm³/mol. The Labute approximate surface area is 156 Å². The van der Waals surface area contributed by atoms with Crippen LogP contribution in [0.3, 0.4) is 0 Å². The van der Waals surface area contributed by atoms with Crippen LogP contribution >= 0.6 is 11.6 Å². The van der Waals surface area contributed by atoms with Crippen molar-refractivity contribution in [3.8, 4) is 0 Å². The van der Waals surface area contributed by atoms with E-state index in [0.29, 0.717) is 10.6 Å². The Morgan fingerprint density at radius 3 is 2.73 bits per heavy atom. The van der Waals surface area contributed by atoms with Gasteiger partial charge in [0.05, 0.1) is 12.3 Å². The molecule has 10 heteroatoms. The summed E-state index contributed by atoms with van der Waals surface area (Å²) in [6, 6.07) is 6.33. The van der Waals surface area contributed by atoms with Crippen LogP contribution in [-0.2, 0) is 22.1 Å². The van der Waals surface area contributed by atoms with Crippen molar-refractivity contribution in [3.63, 3.8) is 0 Å². The Bertz CT molecular complexity index is 878. The fourth-order valence-corrected chi connectivity index (χ4v) is 4.05. The lowest BCUT2D eigenvalue weighted by molar-refractivity contribution is 0.184. The molecule has 3 rings (SSSR count). The number of halogens is 1. The second-order valence-electron chi connectivity index (χ2n) is 6.06. The Hall–Kier alpha value is -2.13. The molecule has 2 amide bonds. The highest BCUT2D eigenvalue weighted by atomic mass is 35.5. The number of aromatic nitrogens is 2. The third kappa shape index (κ3) is 4.73. The summed E-state index contributed by atoms with van der Waals surface area (Å²) in [6.45, 7) is 1.42. The van der Waals surface area contributed by atoms with Gasteiger partial charge in [-0.1, -0.05) is 28.8 Å². The SMILES string of the molecule is O=C(NCc1nnc(S(=O)(=O)Cc2cccc(Cl)c2)o1)N1CCCCC1. The van der Waals surface area contributed by atoms with Gasteiger partial charge in [-0.15, -0.1) is 5.10 Å². The Morgan fingerprint density at radius 1 is 1.23 bits per heavy atom. The fourth-order valence-electron chi connectivity index (χ4n) is 2.70. The van der Waals surface area contributed by atoms with E-state index < -0.39 is 15.1 Å². The quantitative estimate of drug-likeness (QED) is 0.828. The zero-order chi connectivity index (χ0) is 18.6. The lowest BCUT2D eigenvalue weighted by atomic mass is 10.1.